The van der Waals surface area contributed by atoms with Gasteiger partial charge in [-0.05, 0) is 41.1 Å². The molecule has 4 aromatic rings. The first-order chi connectivity index (χ1) is 15.9. The second-order valence-electron chi connectivity index (χ2n) is 7.23. The molecule has 0 aliphatic carbocycles. The highest BCUT2D eigenvalue weighted by molar-refractivity contribution is 9.10. The smallest absolute Gasteiger partial charge is 0.388 e. The van der Waals surface area contributed by atoms with E-state index in [2.05, 4.69) is 41.8 Å². The number of fused-ring (bicyclic) bond motifs is 1. The number of pyridine rings is 1. The van der Waals surface area contributed by atoms with Crippen LogP contribution in [0.3, 0.4) is 0 Å². The molecule has 1 aromatic carbocycles. The second kappa shape index (κ2) is 8.42. The van der Waals surface area contributed by atoms with E-state index in [1.54, 1.807) is 30.0 Å². The predicted octanol–water partition coefficient (Wildman–Crippen LogP) is 3.93. The van der Waals surface area contributed by atoms with Crippen LogP contribution in [-0.2, 0) is 4.74 Å². The van der Waals surface area contributed by atoms with Gasteiger partial charge in [-0.2, -0.15) is 14.0 Å². The fourth-order valence-electron chi connectivity index (χ4n) is 3.38. The molecule has 0 atom stereocenters. The maximum atomic E-state index is 12.6. The van der Waals surface area contributed by atoms with Crippen molar-refractivity contribution in [3.8, 4) is 29.3 Å². The first kappa shape index (κ1) is 21.3. The van der Waals surface area contributed by atoms with Crippen molar-refractivity contribution in [1.82, 2.24) is 24.3 Å². The van der Waals surface area contributed by atoms with Crippen molar-refractivity contribution >= 4 is 27.0 Å². The Morgan fingerprint density at radius 3 is 2.79 bits per heavy atom. The van der Waals surface area contributed by atoms with E-state index in [1.165, 1.54) is 10.7 Å². The van der Waals surface area contributed by atoms with Crippen LogP contribution in [-0.4, -0.2) is 50.2 Å². The standard InChI is InChI=1S/C21H15BrF2N6O3/c1-11-4-19(33-21(23)24)28-30(11)20-12(7-25)2-3-18(27-20)29-10-26-15-6-17(14(22)5-16(15)29)32-13-8-31-9-13/h2-6,10,13,21H,8-9H2,1H3. The van der Waals surface area contributed by atoms with Gasteiger partial charge in [-0.1, -0.05) is 0 Å². The van der Waals surface area contributed by atoms with Gasteiger partial charge in [-0.25, -0.2) is 14.6 Å². The Labute approximate surface area is 194 Å². The average molecular weight is 517 g/mol. The van der Waals surface area contributed by atoms with Gasteiger partial charge < -0.3 is 14.2 Å². The minimum absolute atomic E-state index is 0.0137. The Kier molecular flexibility index (Phi) is 5.43. The fraction of sp³-hybridized carbons (Fsp3) is 0.238. The van der Waals surface area contributed by atoms with Gasteiger partial charge in [-0.3, -0.25) is 4.57 Å². The molecule has 9 nitrogen and oxygen atoms in total. The van der Waals surface area contributed by atoms with E-state index in [9.17, 15) is 14.0 Å². The Morgan fingerprint density at radius 2 is 2.09 bits per heavy atom. The van der Waals surface area contributed by atoms with Gasteiger partial charge in [0.1, 0.15) is 30.1 Å². The summed E-state index contributed by atoms with van der Waals surface area (Å²) in [7, 11) is 0. The lowest BCUT2D eigenvalue weighted by Crippen LogP contribution is -2.38. The van der Waals surface area contributed by atoms with Crippen molar-refractivity contribution in [3.63, 3.8) is 0 Å². The Balaban J connectivity index is 1.56. The molecule has 0 spiro atoms. The van der Waals surface area contributed by atoms with Crippen LogP contribution in [0.2, 0.25) is 0 Å². The van der Waals surface area contributed by atoms with Gasteiger partial charge in [0.15, 0.2) is 5.82 Å². The van der Waals surface area contributed by atoms with Gasteiger partial charge in [0, 0.05) is 17.8 Å². The molecular formula is C21H15BrF2N6O3. The number of nitrogens with zero attached hydrogens (tertiary/aromatic N) is 6. The molecular weight excluding hydrogens is 502 g/mol. The van der Waals surface area contributed by atoms with Crippen LogP contribution in [0.25, 0.3) is 22.7 Å². The summed E-state index contributed by atoms with van der Waals surface area (Å²) in [6.45, 7) is -0.259. The van der Waals surface area contributed by atoms with E-state index in [4.69, 9.17) is 9.47 Å². The molecule has 0 saturated carbocycles. The van der Waals surface area contributed by atoms with Crippen molar-refractivity contribution in [3.05, 3.63) is 52.4 Å². The van der Waals surface area contributed by atoms with E-state index < -0.39 is 6.61 Å². The summed E-state index contributed by atoms with van der Waals surface area (Å²) in [4.78, 5) is 9.02. The molecule has 1 aliphatic heterocycles. The van der Waals surface area contributed by atoms with Crippen LogP contribution in [0, 0.1) is 18.3 Å². The molecule has 33 heavy (non-hydrogen) atoms. The lowest BCUT2D eigenvalue weighted by atomic mass is 10.2. The molecule has 168 valence electrons. The molecule has 5 rings (SSSR count). The van der Waals surface area contributed by atoms with Crippen molar-refractivity contribution in [2.24, 2.45) is 0 Å². The molecule has 0 bridgehead atoms. The number of aryl methyl sites for hydroxylation is 1. The number of imidazole rings is 1. The highest BCUT2D eigenvalue weighted by atomic mass is 79.9. The molecule has 1 saturated heterocycles. The van der Waals surface area contributed by atoms with E-state index in [0.29, 0.717) is 36.0 Å². The van der Waals surface area contributed by atoms with Gasteiger partial charge in [0.25, 0.3) is 0 Å². The molecule has 0 amide bonds. The van der Waals surface area contributed by atoms with E-state index >= 15 is 0 Å². The van der Waals surface area contributed by atoms with Gasteiger partial charge in [0.2, 0.25) is 5.88 Å². The maximum Gasteiger partial charge on any atom is 0.388 e. The lowest BCUT2D eigenvalue weighted by molar-refractivity contribution is -0.0799. The SMILES string of the molecule is Cc1cc(OC(F)F)nn1-c1nc(-n2cnc3cc(OC4COC4)c(Br)cc32)ccc1C#N. The van der Waals surface area contributed by atoms with Crippen LogP contribution in [0.15, 0.2) is 41.1 Å². The minimum atomic E-state index is -3.01. The third-order valence-electron chi connectivity index (χ3n) is 5.01. The first-order valence-electron chi connectivity index (χ1n) is 9.77. The zero-order valence-corrected chi connectivity index (χ0v) is 18.7. The molecule has 1 fully saturated rings. The molecule has 3 aromatic heterocycles. The summed E-state index contributed by atoms with van der Waals surface area (Å²) in [6.07, 6.45) is 1.62. The Bertz CT molecular complexity index is 1390. The number of alkyl halides is 2. The molecule has 0 unspecified atom stereocenters. The summed E-state index contributed by atoms with van der Waals surface area (Å²) in [5.74, 6) is 1.04. The van der Waals surface area contributed by atoms with Crippen molar-refractivity contribution in [2.75, 3.05) is 13.2 Å². The van der Waals surface area contributed by atoms with E-state index in [0.717, 1.165) is 9.99 Å². The lowest BCUT2D eigenvalue weighted by Gasteiger charge is -2.27. The summed E-state index contributed by atoms with van der Waals surface area (Å²) < 4.78 is 44.4. The number of aromatic nitrogens is 5. The zero-order chi connectivity index (χ0) is 23.1. The number of rotatable bonds is 6. The number of hydrogen-bond donors (Lipinski definition) is 0. The van der Waals surface area contributed by atoms with Crippen LogP contribution in [0.4, 0.5) is 8.78 Å². The third kappa shape index (κ3) is 4.01. The average Bonchev–Trinajstić information content (AvgIpc) is 3.32. The van der Waals surface area contributed by atoms with E-state index in [-0.39, 0.29) is 23.4 Å². The molecule has 1 aliphatic rings. The summed E-state index contributed by atoms with van der Waals surface area (Å²) >= 11 is 3.54. The van der Waals surface area contributed by atoms with Gasteiger partial charge in [0.05, 0.1) is 34.3 Å². The van der Waals surface area contributed by atoms with Crippen molar-refractivity contribution in [1.29, 1.82) is 5.26 Å². The number of benzene rings is 1. The summed E-state index contributed by atoms with van der Waals surface area (Å²) in [6, 6.07) is 10.3. The molecule has 0 N–H and O–H groups in total. The molecule has 4 heterocycles. The summed E-state index contributed by atoms with van der Waals surface area (Å²) in [5.41, 5.74) is 2.13. The highest BCUT2D eigenvalue weighted by Crippen LogP contribution is 2.32. The quantitative estimate of drug-likeness (QED) is 0.382. The Morgan fingerprint density at radius 1 is 1.27 bits per heavy atom. The van der Waals surface area contributed by atoms with Crippen LogP contribution in [0.1, 0.15) is 11.3 Å². The predicted molar refractivity (Wildman–Crippen MR) is 115 cm³/mol. The van der Waals surface area contributed by atoms with Crippen molar-refractivity contribution < 1.29 is 23.0 Å². The number of ether oxygens (including phenoxy) is 3. The minimum Gasteiger partial charge on any atom is -0.484 e. The molecule has 0 radical (unpaired) electrons. The van der Waals surface area contributed by atoms with Crippen molar-refractivity contribution in [2.45, 2.75) is 19.6 Å². The third-order valence-corrected chi connectivity index (χ3v) is 5.62. The van der Waals surface area contributed by atoms with Gasteiger partial charge in [-0.15, -0.1) is 5.10 Å². The van der Waals surface area contributed by atoms with Crippen LogP contribution >= 0.6 is 15.9 Å². The number of nitriles is 1. The monoisotopic (exact) mass is 516 g/mol. The topological polar surface area (TPSA) is 100 Å². The largest absolute Gasteiger partial charge is 0.484 e. The normalized spacial score (nSPS) is 13.8. The van der Waals surface area contributed by atoms with Crippen LogP contribution in [0.5, 0.6) is 11.6 Å². The first-order valence-corrected chi connectivity index (χ1v) is 10.6. The zero-order valence-electron chi connectivity index (χ0n) is 17.1. The van der Waals surface area contributed by atoms with Gasteiger partial charge >= 0.3 is 6.61 Å². The van der Waals surface area contributed by atoms with Crippen LogP contribution < -0.4 is 9.47 Å². The summed E-state index contributed by atoms with van der Waals surface area (Å²) in [5, 5.41) is 13.6. The second-order valence-corrected chi connectivity index (χ2v) is 8.08. The highest BCUT2D eigenvalue weighted by Gasteiger charge is 2.22. The fourth-order valence-corrected chi connectivity index (χ4v) is 3.80. The molecule has 12 heteroatoms. The maximum absolute atomic E-state index is 12.6. The number of halogens is 3. The van der Waals surface area contributed by atoms with E-state index in [1.807, 2.05) is 12.1 Å². The number of hydrogen-bond acceptors (Lipinski definition) is 7. The Hall–Kier alpha value is -3.56.